The maximum absolute atomic E-state index is 12.4. The first kappa shape index (κ1) is 18.6. The molecule has 1 atom stereocenters. The topological polar surface area (TPSA) is 93.1 Å². The lowest BCUT2D eigenvalue weighted by molar-refractivity contribution is -0.180. The number of Topliss-reactive ketones (excluding diaryl/α,β-unsaturated/α-hetero) is 1. The molecule has 1 aromatic carbocycles. The Labute approximate surface area is 145 Å². The molecular formula is C19H20O6. The Bertz CT molecular complexity index is 732. The van der Waals surface area contributed by atoms with E-state index in [0.29, 0.717) is 5.56 Å². The van der Waals surface area contributed by atoms with Crippen molar-refractivity contribution >= 4 is 11.8 Å². The number of ketones is 1. The smallest absolute Gasteiger partial charge is 0.333 e. The summed E-state index contributed by atoms with van der Waals surface area (Å²) in [5.41, 5.74) is 0.806. The highest BCUT2D eigenvalue weighted by molar-refractivity contribution is 6.11. The minimum atomic E-state index is -1.76. The minimum Gasteiger partial charge on any atom is -0.511 e. The van der Waals surface area contributed by atoms with Crippen molar-refractivity contribution in [1.29, 1.82) is 0 Å². The van der Waals surface area contributed by atoms with Crippen LogP contribution in [0, 0.1) is 0 Å². The number of hydrogen-bond acceptors (Lipinski definition) is 6. The number of aliphatic hydroxyl groups is 2. The molecule has 0 fully saturated rings. The molecule has 0 aliphatic heterocycles. The molecule has 1 aliphatic carbocycles. The summed E-state index contributed by atoms with van der Waals surface area (Å²) in [6.07, 6.45) is 2.35. The van der Waals surface area contributed by atoms with Crippen LogP contribution in [-0.2, 0) is 14.3 Å². The van der Waals surface area contributed by atoms with Gasteiger partial charge in [-0.25, -0.2) is 4.79 Å². The van der Waals surface area contributed by atoms with Crippen molar-refractivity contribution in [2.24, 2.45) is 0 Å². The molecule has 6 heteroatoms. The molecule has 0 amide bonds. The third-order valence-corrected chi connectivity index (χ3v) is 3.54. The maximum atomic E-state index is 12.4. The highest BCUT2D eigenvalue weighted by Crippen LogP contribution is 2.28. The highest BCUT2D eigenvalue weighted by atomic mass is 16.6. The van der Waals surface area contributed by atoms with Crippen LogP contribution in [0.1, 0.15) is 23.7 Å². The monoisotopic (exact) mass is 344 g/mol. The Hall–Kier alpha value is -2.70. The van der Waals surface area contributed by atoms with Gasteiger partial charge in [0.05, 0.1) is 18.6 Å². The molecule has 6 nitrogen and oxygen atoms in total. The van der Waals surface area contributed by atoms with Crippen LogP contribution in [0.3, 0.4) is 0 Å². The third-order valence-electron chi connectivity index (χ3n) is 3.54. The number of allylic oxidation sites excluding steroid dienone is 2. The molecule has 0 aromatic heterocycles. The van der Waals surface area contributed by atoms with Gasteiger partial charge in [0.2, 0.25) is 0 Å². The van der Waals surface area contributed by atoms with E-state index in [0.717, 1.165) is 0 Å². The van der Waals surface area contributed by atoms with Gasteiger partial charge in [-0.1, -0.05) is 36.9 Å². The molecule has 0 spiro atoms. The van der Waals surface area contributed by atoms with Crippen molar-refractivity contribution in [3.05, 3.63) is 71.5 Å². The number of carbonyl (C=O) groups excluding carboxylic acids is 2. The van der Waals surface area contributed by atoms with E-state index in [9.17, 15) is 19.8 Å². The predicted octanol–water partition coefficient (Wildman–Crippen LogP) is 2.47. The molecule has 1 aliphatic rings. The SMILES string of the molecule is C=C(C)C(=O)OCCOC1(O)C=CC(C(=O)c2ccccc2)=C(O)C1. The average Bonchev–Trinajstić information content (AvgIpc) is 2.58. The fourth-order valence-corrected chi connectivity index (χ4v) is 2.23. The van der Waals surface area contributed by atoms with Crippen LogP contribution in [-0.4, -0.2) is 41.0 Å². The summed E-state index contributed by atoms with van der Waals surface area (Å²) >= 11 is 0. The van der Waals surface area contributed by atoms with Gasteiger partial charge in [0.15, 0.2) is 11.6 Å². The van der Waals surface area contributed by atoms with Crippen molar-refractivity contribution < 1.29 is 29.3 Å². The molecule has 25 heavy (non-hydrogen) atoms. The molecule has 1 unspecified atom stereocenters. The van der Waals surface area contributed by atoms with Crippen LogP contribution in [0.4, 0.5) is 0 Å². The van der Waals surface area contributed by atoms with Gasteiger partial charge in [0.25, 0.3) is 0 Å². The lowest BCUT2D eigenvalue weighted by Crippen LogP contribution is -2.34. The molecule has 0 radical (unpaired) electrons. The van der Waals surface area contributed by atoms with Crippen LogP contribution in [0.5, 0.6) is 0 Å². The highest BCUT2D eigenvalue weighted by Gasteiger charge is 2.32. The van der Waals surface area contributed by atoms with Crippen LogP contribution >= 0.6 is 0 Å². The molecular weight excluding hydrogens is 324 g/mol. The Kier molecular flexibility index (Phi) is 5.90. The summed E-state index contributed by atoms with van der Waals surface area (Å²) in [4.78, 5) is 23.6. The number of hydrogen-bond donors (Lipinski definition) is 2. The van der Waals surface area contributed by atoms with Gasteiger partial charge in [0.1, 0.15) is 12.4 Å². The number of aliphatic hydroxyl groups excluding tert-OH is 1. The molecule has 2 N–H and O–H groups in total. The molecule has 2 rings (SSSR count). The number of rotatable bonds is 7. The molecule has 0 bridgehead atoms. The van der Waals surface area contributed by atoms with Gasteiger partial charge in [-0.05, 0) is 19.1 Å². The van der Waals surface area contributed by atoms with Crippen molar-refractivity contribution in [3.8, 4) is 0 Å². The summed E-state index contributed by atoms with van der Waals surface area (Å²) < 4.78 is 10.1. The Balaban J connectivity index is 1.94. The van der Waals surface area contributed by atoms with Crippen molar-refractivity contribution in [3.63, 3.8) is 0 Å². The summed E-state index contributed by atoms with van der Waals surface area (Å²) in [7, 11) is 0. The maximum Gasteiger partial charge on any atom is 0.333 e. The Morgan fingerprint density at radius 2 is 1.92 bits per heavy atom. The number of esters is 1. The lowest BCUT2D eigenvalue weighted by Gasteiger charge is -2.28. The molecule has 1 aromatic rings. The summed E-state index contributed by atoms with van der Waals surface area (Å²) in [6, 6.07) is 8.52. The van der Waals surface area contributed by atoms with Crippen LogP contribution in [0.15, 0.2) is 66.0 Å². The van der Waals surface area contributed by atoms with Gasteiger partial charge in [0, 0.05) is 11.1 Å². The first-order valence-corrected chi connectivity index (χ1v) is 7.72. The zero-order valence-electron chi connectivity index (χ0n) is 13.9. The fourth-order valence-electron chi connectivity index (χ4n) is 2.23. The van der Waals surface area contributed by atoms with Crippen molar-refractivity contribution in [2.45, 2.75) is 19.1 Å². The second kappa shape index (κ2) is 7.92. The summed E-state index contributed by atoms with van der Waals surface area (Å²) in [5.74, 6) is -2.92. The largest absolute Gasteiger partial charge is 0.511 e. The summed E-state index contributed by atoms with van der Waals surface area (Å²) in [5, 5.41) is 20.4. The van der Waals surface area contributed by atoms with E-state index in [2.05, 4.69) is 6.58 Å². The minimum absolute atomic E-state index is 0.0673. The number of benzene rings is 1. The van der Waals surface area contributed by atoms with Crippen LogP contribution in [0.25, 0.3) is 0 Å². The average molecular weight is 344 g/mol. The normalized spacial score (nSPS) is 19.6. The second-order valence-electron chi connectivity index (χ2n) is 5.68. The van der Waals surface area contributed by atoms with Gasteiger partial charge in [-0.15, -0.1) is 0 Å². The second-order valence-corrected chi connectivity index (χ2v) is 5.68. The van der Waals surface area contributed by atoms with Crippen LogP contribution in [0.2, 0.25) is 0 Å². The third kappa shape index (κ3) is 4.89. The van der Waals surface area contributed by atoms with E-state index in [1.165, 1.54) is 19.1 Å². The zero-order chi connectivity index (χ0) is 18.4. The van der Waals surface area contributed by atoms with Crippen LogP contribution < -0.4 is 0 Å². The number of carbonyl (C=O) groups is 2. The van der Waals surface area contributed by atoms with E-state index in [1.54, 1.807) is 30.3 Å². The molecule has 132 valence electrons. The molecule has 0 saturated heterocycles. The van der Waals surface area contributed by atoms with Gasteiger partial charge in [-0.3, -0.25) is 4.79 Å². The van der Waals surface area contributed by atoms with Gasteiger partial charge in [-0.2, -0.15) is 0 Å². The molecule has 0 heterocycles. The lowest BCUT2D eigenvalue weighted by atomic mass is 9.94. The predicted molar refractivity (Wildman–Crippen MR) is 90.9 cm³/mol. The standard InChI is InChI=1S/C19H20O6/c1-13(2)18(22)24-10-11-25-19(23)9-8-15(16(20)12-19)17(21)14-6-4-3-5-7-14/h3-9,20,23H,1,10-12H2,2H3. The fraction of sp³-hybridized carbons (Fsp3) is 0.263. The Morgan fingerprint density at radius 3 is 2.52 bits per heavy atom. The van der Waals surface area contributed by atoms with E-state index >= 15 is 0 Å². The van der Waals surface area contributed by atoms with Crippen molar-refractivity contribution in [2.75, 3.05) is 13.2 Å². The zero-order valence-corrected chi connectivity index (χ0v) is 13.9. The van der Waals surface area contributed by atoms with Gasteiger partial charge < -0.3 is 19.7 Å². The Morgan fingerprint density at radius 1 is 1.24 bits per heavy atom. The van der Waals surface area contributed by atoms with E-state index in [1.807, 2.05) is 0 Å². The van der Waals surface area contributed by atoms with Gasteiger partial charge >= 0.3 is 5.97 Å². The first-order chi connectivity index (χ1) is 11.8. The first-order valence-electron chi connectivity index (χ1n) is 7.72. The van der Waals surface area contributed by atoms with E-state index in [-0.39, 0.29) is 42.3 Å². The number of ether oxygens (including phenoxy) is 2. The van der Waals surface area contributed by atoms with E-state index < -0.39 is 11.8 Å². The van der Waals surface area contributed by atoms with E-state index in [4.69, 9.17) is 9.47 Å². The quantitative estimate of drug-likeness (QED) is 0.259. The van der Waals surface area contributed by atoms with Crippen molar-refractivity contribution in [1.82, 2.24) is 0 Å². The molecule has 0 saturated carbocycles. The summed E-state index contributed by atoms with van der Waals surface area (Å²) in [6.45, 7) is 4.83.